The SMILES string of the molecule is O=C(O)c1cn(C2CC2)c2cc(N3CCN(C(=S)[S-])CC3)c(F)cc2c1=O.[Na+]. The molecule has 0 bridgehead atoms. The fourth-order valence-electron chi connectivity index (χ4n) is 3.54. The van der Waals surface area contributed by atoms with Crippen molar-refractivity contribution in [2.45, 2.75) is 18.9 Å². The summed E-state index contributed by atoms with van der Waals surface area (Å²) < 4.78 is 17.0. The van der Waals surface area contributed by atoms with Crippen molar-refractivity contribution in [2.24, 2.45) is 0 Å². The third-order valence-electron chi connectivity index (χ3n) is 5.15. The number of aromatic carboxylic acids is 1. The second kappa shape index (κ2) is 8.23. The van der Waals surface area contributed by atoms with Gasteiger partial charge in [0.1, 0.15) is 11.4 Å². The van der Waals surface area contributed by atoms with Gasteiger partial charge in [-0.3, -0.25) is 4.79 Å². The summed E-state index contributed by atoms with van der Waals surface area (Å²) >= 11 is 10.0. The van der Waals surface area contributed by atoms with E-state index in [9.17, 15) is 19.1 Å². The predicted octanol–water partition coefficient (Wildman–Crippen LogP) is -0.868. The van der Waals surface area contributed by atoms with Crippen LogP contribution in [0.4, 0.5) is 10.1 Å². The van der Waals surface area contributed by atoms with Crippen molar-refractivity contribution < 1.29 is 43.8 Å². The number of nitrogens with zero attached hydrogens (tertiary/aromatic N) is 3. The van der Waals surface area contributed by atoms with Crippen molar-refractivity contribution in [3.8, 4) is 0 Å². The molecule has 0 atom stereocenters. The van der Waals surface area contributed by atoms with Crippen LogP contribution in [0.25, 0.3) is 10.9 Å². The van der Waals surface area contributed by atoms with Crippen LogP contribution < -0.4 is 39.9 Å². The third kappa shape index (κ3) is 3.91. The van der Waals surface area contributed by atoms with Crippen LogP contribution in [0.15, 0.2) is 23.1 Å². The average molecular weight is 429 g/mol. The molecule has 1 aliphatic heterocycles. The first-order chi connectivity index (χ1) is 12.9. The Balaban J connectivity index is 0.00000225. The van der Waals surface area contributed by atoms with Gasteiger partial charge in [0.2, 0.25) is 5.43 Å². The molecular formula is C18H17FN3NaO3S2. The smallest absolute Gasteiger partial charge is 0.477 e. The number of hydrogen-bond donors (Lipinski definition) is 1. The molecule has 1 aromatic heterocycles. The number of pyridine rings is 1. The van der Waals surface area contributed by atoms with Gasteiger partial charge in [0.25, 0.3) is 0 Å². The van der Waals surface area contributed by atoms with Crippen molar-refractivity contribution in [1.29, 1.82) is 0 Å². The summed E-state index contributed by atoms with van der Waals surface area (Å²) in [5.41, 5.74) is 0.00896. The van der Waals surface area contributed by atoms with Gasteiger partial charge in [0.05, 0.1) is 11.2 Å². The van der Waals surface area contributed by atoms with E-state index in [1.807, 2.05) is 9.80 Å². The van der Waals surface area contributed by atoms with Gasteiger partial charge in [-0.05, 0) is 25.0 Å². The van der Waals surface area contributed by atoms with Gasteiger partial charge in [-0.2, -0.15) is 0 Å². The van der Waals surface area contributed by atoms with Crippen LogP contribution in [0, 0.1) is 5.82 Å². The summed E-state index contributed by atoms with van der Waals surface area (Å²) in [6.07, 6.45) is 3.22. The number of piperazine rings is 1. The molecule has 1 saturated heterocycles. The zero-order valence-electron chi connectivity index (χ0n) is 15.4. The van der Waals surface area contributed by atoms with Crippen LogP contribution in [-0.4, -0.2) is 51.0 Å². The molecule has 2 heterocycles. The van der Waals surface area contributed by atoms with Gasteiger partial charge in [-0.25, -0.2) is 9.18 Å². The van der Waals surface area contributed by atoms with E-state index in [1.54, 1.807) is 10.6 Å². The summed E-state index contributed by atoms with van der Waals surface area (Å²) in [4.78, 5) is 27.7. The molecule has 2 aromatic rings. The van der Waals surface area contributed by atoms with E-state index < -0.39 is 17.2 Å². The van der Waals surface area contributed by atoms with Gasteiger partial charge in [-0.1, -0.05) is 4.32 Å². The first kappa shape index (κ1) is 21.4. The van der Waals surface area contributed by atoms with Crippen molar-refractivity contribution >= 4 is 51.7 Å². The summed E-state index contributed by atoms with van der Waals surface area (Å²) in [7, 11) is 0. The van der Waals surface area contributed by atoms with Crippen LogP contribution >= 0.6 is 12.2 Å². The minimum atomic E-state index is -1.29. The van der Waals surface area contributed by atoms with Gasteiger partial charge >= 0.3 is 35.5 Å². The molecule has 1 aliphatic carbocycles. The molecular weight excluding hydrogens is 412 g/mol. The van der Waals surface area contributed by atoms with Crippen molar-refractivity contribution in [3.63, 3.8) is 0 Å². The molecule has 4 rings (SSSR count). The quantitative estimate of drug-likeness (QED) is 0.387. The number of hydrogen-bond acceptors (Lipinski definition) is 5. The Morgan fingerprint density at radius 2 is 1.86 bits per heavy atom. The molecule has 0 unspecified atom stereocenters. The minimum Gasteiger partial charge on any atom is -0.477 e. The van der Waals surface area contributed by atoms with Gasteiger partial charge in [0.15, 0.2) is 0 Å². The second-order valence-corrected chi connectivity index (χ2v) is 7.91. The number of benzene rings is 1. The number of carbonyl (C=O) groups is 1. The summed E-state index contributed by atoms with van der Waals surface area (Å²) in [6, 6.07) is 2.99. The number of anilines is 1. The van der Waals surface area contributed by atoms with E-state index in [1.165, 1.54) is 12.3 Å². The Kier molecular flexibility index (Phi) is 6.31. The van der Waals surface area contributed by atoms with Crippen molar-refractivity contribution in [2.75, 3.05) is 31.1 Å². The first-order valence-electron chi connectivity index (χ1n) is 8.69. The average Bonchev–Trinajstić information content (AvgIpc) is 3.47. The van der Waals surface area contributed by atoms with Crippen LogP contribution in [0.5, 0.6) is 0 Å². The number of carboxylic acids is 1. The summed E-state index contributed by atoms with van der Waals surface area (Å²) in [5, 5.41) is 9.42. The Morgan fingerprint density at radius 1 is 1.21 bits per heavy atom. The molecule has 1 N–H and O–H groups in total. The van der Waals surface area contributed by atoms with E-state index in [-0.39, 0.29) is 46.5 Å². The molecule has 10 heteroatoms. The fourth-order valence-corrected chi connectivity index (χ4v) is 3.90. The molecule has 142 valence electrons. The van der Waals surface area contributed by atoms with E-state index in [0.717, 1.165) is 12.8 Å². The number of rotatable bonds is 3. The zero-order chi connectivity index (χ0) is 19.3. The minimum absolute atomic E-state index is 0. The van der Waals surface area contributed by atoms with Crippen LogP contribution in [0.1, 0.15) is 29.2 Å². The Morgan fingerprint density at radius 3 is 2.39 bits per heavy atom. The molecule has 6 nitrogen and oxygen atoms in total. The number of carboxylic acid groups (broad SMARTS) is 1. The second-order valence-electron chi connectivity index (χ2n) is 6.88. The first-order valence-corrected chi connectivity index (χ1v) is 9.51. The zero-order valence-corrected chi connectivity index (χ0v) is 19.0. The number of thiocarbonyl (C=S) groups is 1. The number of aromatic nitrogens is 1. The maximum Gasteiger partial charge on any atom is 1.00 e. The largest absolute Gasteiger partial charge is 1.00 e. The molecule has 0 radical (unpaired) electrons. The van der Waals surface area contributed by atoms with Crippen LogP contribution in [0.3, 0.4) is 0 Å². The monoisotopic (exact) mass is 429 g/mol. The van der Waals surface area contributed by atoms with Gasteiger partial charge < -0.3 is 44.3 Å². The van der Waals surface area contributed by atoms with Gasteiger partial charge in [0, 0.05) is 43.8 Å². The Hall–Kier alpha value is -1.26. The number of halogens is 1. The normalized spacial score (nSPS) is 16.8. The molecule has 28 heavy (non-hydrogen) atoms. The van der Waals surface area contributed by atoms with Gasteiger partial charge in [-0.15, -0.1) is 0 Å². The number of fused-ring (bicyclic) bond motifs is 1. The molecule has 1 saturated carbocycles. The van der Waals surface area contributed by atoms with Crippen molar-refractivity contribution in [1.82, 2.24) is 9.47 Å². The van der Waals surface area contributed by atoms with E-state index >= 15 is 0 Å². The molecule has 0 amide bonds. The van der Waals surface area contributed by atoms with E-state index in [0.29, 0.717) is 41.7 Å². The Bertz CT molecular complexity index is 1020. The van der Waals surface area contributed by atoms with E-state index in [2.05, 4.69) is 0 Å². The topological polar surface area (TPSA) is 65.8 Å². The summed E-state index contributed by atoms with van der Waals surface area (Å²) in [6.45, 7) is 2.38. The third-order valence-corrected chi connectivity index (χ3v) is 5.67. The van der Waals surface area contributed by atoms with Crippen LogP contribution in [-0.2, 0) is 12.6 Å². The standard InChI is InChI=1S/C18H18FN3O3S2.Na/c19-13-7-11-14(8-15(13)20-3-5-21(6-4-20)18(26)27)22(10-1-2-10)9-12(16(11)23)17(24)25;/h7-10H,1-6H2,(H,24,25)(H,26,27);/q;+1/p-1. The molecule has 2 fully saturated rings. The van der Waals surface area contributed by atoms with Crippen LogP contribution in [0.2, 0.25) is 0 Å². The molecule has 2 aliphatic rings. The maximum atomic E-state index is 14.8. The fraction of sp³-hybridized carbons (Fsp3) is 0.389. The molecule has 1 aromatic carbocycles. The predicted molar refractivity (Wildman–Crippen MR) is 107 cm³/mol. The molecule has 0 spiro atoms. The summed E-state index contributed by atoms with van der Waals surface area (Å²) in [5.74, 6) is -1.82. The Labute approximate surface area is 194 Å². The van der Waals surface area contributed by atoms with Crippen molar-refractivity contribution in [3.05, 3.63) is 39.9 Å². The van der Waals surface area contributed by atoms with E-state index in [4.69, 9.17) is 24.8 Å². The maximum absolute atomic E-state index is 14.8.